The van der Waals surface area contributed by atoms with Crippen LogP contribution >= 0.6 is 27.5 Å². The predicted molar refractivity (Wildman–Crippen MR) is 75.4 cm³/mol. The normalized spacial score (nSPS) is 15.6. The van der Waals surface area contributed by atoms with Gasteiger partial charge >= 0.3 is 12.0 Å². The van der Waals surface area contributed by atoms with Gasteiger partial charge in [-0.3, -0.25) is 4.79 Å². The fourth-order valence-electron chi connectivity index (χ4n) is 1.67. The van der Waals surface area contributed by atoms with Gasteiger partial charge in [-0.1, -0.05) is 11.6 Å². The number of urea groups is 1. The van der Waals surface area contributed by atoms with Crippen LogP contribution in [0.2, 0.25) is 5.02 Å². The highest BCUT2D eigenvalue weighted by atomic mass is 79.9. The fraction of sp³-hybridized carbons (Fsp3) is 0.333. The number of anilines is 1. The van der Waals surface area contributed by atoms with Gasteiger partial charge in [0.15, 0.2) is 0 Å². The lowest BCUT2D eigenvalue weighted by atomic mass is 10.1. The molecule has 0 radical (unpaired) electrons. The third-order valence-corrected chi connectivity index (χ3v) is 4.47. The molecule has 0 aromatic heterocycles. The molecule has 1 aliphatic carbocycles. The molecule has 1 aliphatic rings. The summed E-state index contributed by atoms with van der Waals surface area (Å²) in [5.74, 6) is -1.52. The molecule has 0 unspecified atom stereocenters. The topological polar surface area (TPSA) is 78.4 Å². The molecule has 1 aromatic rings. The first-order valence-corrected chi connectivity index (χ1v) is 6.94. The van der Waals surface area contributed by atoms with Crippen molar-refractivity contribution in [3.8, 4) is 0 Å². The van der Waals surface area contributed by atoms with Crippen molar-refractivity contribution in [2.24, 2.45) is 5.41 Å². The summed E-state index contributed by atoms with van der Waals surface area (Å²) in [6.45, 7) is 0.0426. The van der Waals surface area contributed by atoms with Crippen LogP contribution in [-0.4, -0.2) is 23.7 Å². The van der Waals surface area contributed by atoms with Gasteiger partial charge in [0.05, 0.1) is 14.9 Å². The van der Waals surface area contributed by atoms with Crippen LogP contribution in [0.3, 0.4) is 0 Å². The SMILES string of the molecule is O=C(NCC1(C(=O)O)CC1)Nc1cc(F)c(Br)c(Cl)c1. The molecule has 1 saturated carbocycles. The highest BCUT2D eigenvalue weighted by Crippen LogP contribution is 2.45. The number of benzene rings is 1. The molecular formula is C12H11BrClFN2O3. The number of amides is 2. The van der Waals surface area contributed by atoms with Crippen LogP contribution in [-0.2, 0) is 4.79 Å². The maximum atomic E-state index is 13.4. The highest BCUT2D eigenvalue weighted by molar-refractivity contribution is 9.10. The average Bonchev–Trinajstić information content (AvgIpc) is 3.14. The maximum Gasteiger partial charge on any atom is 0.319 e. The molecule has 8 heteroatoms. The van der Waals surface area contributed by atoms with E-state index < -0.39 is 23.2 Å². The second-order valence-electron chi connectivity index (χ2n) is 4.65. The standard InChI is InChI=1S/C12H11BrClFN2O3/c13-9-7(14)3-6(4-8(9)15)17-11(20)16-5-12(1-2-12)10(18)19/h3-4H,1-2,5H2,(H,18,19)(H2,16,17,20). The van der Waals surface area contributed by atoms with Crippen molar-refractivity contribution < 1.29 is 19.1 Å². The van der Waals surface area contributed by atoms with E-state index in [1.165, 1.54) is 6.07 Å². The Morgan fingerprint density at radius 2 is 2.10 bits per heavy atom. The molecule has 5 nitrogen and oxygen atoms in total. The number of nitrogens with one attached hydrogen (secondary N) is 2. The summed E-state index contributed by atoms with van der Waals surface area (Å²) >= 11 is 8.73. The Bertz CT molecular complexity index is 555. The lowest BCUT2D eigenvalue weighted by molar-refractivity contribution is -0.143. The van der Waals surface area contributed by atoms with Crippen molar-refractivity contribution in [2.75, 3.05) is 11.9 Å². The van der Waals surface area contributed by atoms with Crippen LogP contribution in [0.4, 0.5) is 14.9 Å². The lowest BCUT2D eigenvalue weighted by Crippen LogP contribution is -2.36. The zero-order chi connectivity index (χ0) is 14.9. The zero-order valence-corrected chi connectivity index (χ0v) is 12.5. The number of carboxylic acid groups (broad SMARTS) is 1. The number of hydrogen-bond donors (Lipinski definition) is 3. The molecule has 1 fully saturated rings. The van der Waals surface area contributed by atoms with Crippen LogP contribution in [0, 0.1) is 11.2 Å². The van der Waals surface area contributed by atoms with E-state index in [-0.39, 0.29) is 21.7 Å². The van der Waals surface area contributed by atoms with E-state index >= 15 is 0 Å². The summed E-state index contributed by atoms with van der Waals surface area (Å²) < 4.78 is 13.5. The van der Waals surface area contributed by atoms with Gasteiger partial charge in [0.25, 0.3) is 0 Å². The molecule has 0 heterocycles. The number of aliphatic carboxylic acids is 1. The Kier molecular flexibility index (Phi) is 4.19. The third kappa shape index (κ3) is 3.21. The summed E-state index contributed by atoms with van der Waals surface area (Å²) in [6, 6.07) is 1.90. The minimum Gasteiger partial charge on any atom is -0.481 e. The number of carboxylic acids is 1. The predicted octanol–water partition coefficient (Wildman–Crippen LogP) is 3.23. The third-order valence-electron chi connectivity index (χ3n) is 3.14. The van der Waals surface area contributed by atoms with Gasteiger partial charge in [-0.15, -0.1) is 0 Å². The van der Waals surface area contributed by atoms with Gasteiger partial charge in [0.2, 0.25) is 0 Å². The highest BCUT2D eigenvalue weighted by Gasteiger charge is 2.50. The smallest absolute Gasteiger partial charge is 0.319 e. The van der Waals surface area contributed by atoms with E-state index in [1.807, 2.05) is 0 Å². The molecule has 3 N–H and O–H groups in total. The second kappa shape index (κ2) is 5.57. The van der Waals surface area contributed by atoms with Crippen LogP contribution in [0.15, 0.2) is 16.6 Å². The molecule has 0 aliphatic heterocycles. The molecule has 20 heavy (non-hydrogen) atoms. The van der Waals surface area contributed by atoms with E-state index in [0.717, 1.165) is 6.07 Å². The second-order valence-corrected chi connectivity index (χ2v) is 5.85. The molecule has 1 aromatic carbocycles. The first-order valence-electron chi connectivity index (χ1n) is 5.77. The fourth-order valence-corrected chi connectivity index (χ4v) is 2.11. The quantitative estimate of drug-likeness (QED) is 0.717. The first-order chi connectivity index (χ1) is 9.34. The molecule has 0 saturated heterocycles. The maximum absolute atomic E-state index is 13.4. The Hall–Kier alpha value is -1.34. The van der Waals surface area contributed by atoms with Gasteiger partial charge in [-0.05, 0) is 40.9 Å². The summed E-state index contributed by atoms with van der Waals surface area (Å²) in [6.07, 6.45) is 1.09. The molecule has 0 bridgehead atoms. The van der Waals surface area contributed by atoms with Gasteiger partial charge in [0.1, 0.15) is 5.82 Å². The van der Waals surface area contributed by atoms with Crippen molar-refractivity contribution in [3.63, 3.8) is 0 Å². The van der Waals surface area contributed by atoms with Gasteiger partial charge in [-0.2, -0.15) is 0 Å². The summed E-state index contributed by atoms with van der Waals surface area (Å²) in [7, 11) is 0. The Balaban J connectivity index is 1.94. The summed E-state index contributed by atoms with van der Waals surface area (Å²) in [5, 5.41) is 14.0. The van der Waals surface area contributed by atoms with Gasteiger partial charge in [0, 0.05) is 12.2 Å². The van der Waals surface area contributed by atoms with E-state index in [2.05, 4.69) is 26.6 Å². The number of carbonyl (C=O) groups is 2. The Labute approximate surface area is 127 Å². The number of hydrogen-bond acceptors (Lipinski definition) is 2. The summed E-state index contributed by atoms with van der Waals surface area (Å²) in [4.78, 5) is 22.6. The van der Waals surface area contributed by atoms with E-state index in [9.17, 15) is 14.0 Å². The molecule has 2 rings (SSSR count). The van der Waals surface area contributed by atoms with Crippen molar-refractivity contribution in [1.29, 1.82) is 0 Å². The van der Waals surface area contributed by atoms with Crippen molar-refractivity contribution >= 4 is 45.2 Å². The van der Waals surface area contributed by atoms with E-state index in [1.54, 1.807) is 0 Å². The minimum absolute atomic E-state index is 0.0426. The number of carbonyl (C=O) groups excluding carboxylic acids is 1. The molecule has 0 spiro atoms. The van der Waals surface area contributed by atoms with Crippen LogP contribution in [0.5, 0.6) is 0 Å². The minimum atomic E-state index is -0.921. The van der Waals surface area contributed by atoms with Gasteiger partial charge in [-0.25, -0.2) is 9.18 Å². The van der Waals surface area contributed by atoms with E-state index in [4.69, 9.17) is 16.7 Å². The Morgan fingerprint density at radius 1 is 1.45 bits per heavy atom. The zero-order valence-electron chi connectivity index (χ0n) is 10.2. The summed E-state index contributed by atoms with van der Waals surface area (Å²) in [5.41, 5.74) is -0.659. The largest absolute Gasteiger partial charge is 0.481 e. The molecular weight excluding hydrogens is 354 g/mol. The van der Waals surface area contributed by atoms with Crippen molar-refractivity contribution in [1.82, 2.24) is 5.32 Å². The first kappa shape index (κ1) is 15.1. The number of halogens is 3. The Morgan fingerprint density at radius 3 is 2.60 bits per heavy atom. The number of rotatable bonds is 4. The average molecular weight is 366 g/mol. The van der Waals surface area contributed by atoms with Crippen LogP contribution < -0.4 is 10.6 Å². The molecule has 108 valence electrons. The van der Waals surface area contributed by atoms with Crippen molar-refractivity contribution in [3.05, 3.63) is 27.4 Å². The monoisotopic (exact) mass is 364 g/mol. The molecule has 2 amide bonds. The van der Waals surface area contributed by atoms with Crippen LogP contribution in [0.25, 0.3) is 0 Å². The van der Waals surface area contributed by atoms with Gasteiger partial charge < -0.3 is 15.7 Å². The van der Waals surface area contributed by atoms with Crippen LogP contribution in [0.1, 0.15) is 12.8 Å². The molecule has 0 atom stereocenters. The lowest BCUT2D eigenvalue weighted by Gasteiger charge is -2.12. The van der Waals surface area contributed by atoms with E-state index in [0.29, 0.717) is 12.8 Å². The van der Waals surface area contributed by atoms with Crippen molar-refractivity contribution in [2.45, 2.75) is 12.8 Å².